The molecule has 28 heavy (non-hydrogen) atoms. The number of imide groups is 1. The highest BCUT2D eigenvalue weighted by atomic mass is 19.1. The van der Waals surface area contributed by atoms with Crippen molar-refractivity contribution in [2.75, 3.05) is 0 Å². The molecule has 2 amide bonds. The minimum Gasteiger partial charge on any atom is -0.269 e. The lowest BCUT2D eigenvalue weighted by Gasteiger charge is -2.28. The number of carbonyl (C=O) groups excluding carboxylic acids is 2. The topological polar surface area (TPSA) is 50.3 Å². The van der Waals surface area contributed by atoms with Gasteiger partial charge in [0.1, 0.15) is 11.6 Å². The Morgan fingerprint density at radius 3 is 2.36 bits per heavy atom. The molecule has 0 aliphatic carbocycles. The van der Waals surface area contributed by atoms with E-state index in [1.165, 1.54) is 12.1 Å². The highest BCUT2D eigenvalue weighted by Gasteiger charge is 2.34. The number of hydrogen-bond acceptors (Lipinski definition) is 3. The van der Waals surface area contributed by atoms with Gasteiger partial charge in [0.25, 0.3) is 11.8 Å². The summed E-state index contributed by atoms with van der Waals surface area (Å²) in [4.78, 5) is 31.2. The minimum atomic E-state index is -0.786. The van der Waals surface area contributed by atoms with Crippen LogP contribution >= 0.6 is 0 Å². The zero-order valence-corrected chi connectivity index (χ0v) is 14.6. The van der Waals surface area contributed by atoms with Gasteiger partial charge in [0.15, 0.2) is 0 Å². The van der Waals surface area contributed by atoms with Crippen molar-refractivity contribution in [2.24, 2.45) is 0 Å². The molecule has 0 spiro atoms. The molecule has 0 fully saturated rings. The third-order valence-corrected chi connectivity index (χ3v) is 4.48. The number of fused-ring (bicyclic) bond motifs is 1. The van der Waals surface area contributed by atoms with Crippen LogP contribution < -0.4 is 0 Å². The van der Waals surface area contributed by atoms with Gasteiger partial charge in [0, 0.05) is 29.0 Å². The van der Waals surface area contributed by atoms with Crippen molar-refractivity contribution >= 4 is 23.5 Å². The molecule has 0 saturated heterocycles. The first-order valence-corrected chi connectivity index (χ1v) is 8.57. The molecule has 138 valence electrons. The summed E-state index contributed by atoms with van der Waals surface area (Å²) in [5, 5.41) is 0. The summed E-state index contributed by atoms with van der Waals surface area (Å²) in [6.07, 6.45) is 2.92. The van der Waals surface area contributed by atoms with Gasteiger partial charge in [-0.2, -0.15) is 0 Å². The predicted molar refractivity (Wildman–Crippen MR) is 99.8 cm³/mol. The molecule has 1 aliphatic rings. The molecule has 0 saturated carbocycles. The van der Waals surface area contributed by atoms with Gasteiger partial charge in [0.05, 0.1) is 12.2 Å². The highest BCUT2D eigenvalue weighted by molar-refractivity contribution is 6.33. The van der Waals surface area contributed by atoms with E-state index in [0.717, 1.165) is 17.0 Å². The van der Waals surface area contributed by atoms with Crippen molar-refractivity contribution in [3.05, 3.63) is 101 Å². The highest BCUT2D eigenvalue weighted by Crippen LogP contribution is 2.31. The number of carbonyl (C=O) groups is 2. The van der Waals surface area contributed by atoms with Crippen LogP contribution in [0, 0.1) is 11.6 Å². The number of benzene rings is 2. The summed E-state index contributed by atoms with van der Waals surface area (Å²) in [5.74, 6) is -2.49. The normalized spacial score (nSPS) is 15.1. The molecule has 3 aromatic rings. The van der Waals surface area contributed by atoms with Crippen LogP contribution in [0.25, 0.3) is 11.6 Å². The van der Waals surface area contributed by atoms with Crippen molar-refractivity contribution in [2.45, 2.75) is 6.54 Å². The second kappa shape index (κ2) is 7.15. The lowest BCUT2D eigenvalue weighted by Crippen LogP contribution is -2.41. The standard InChI is InChI=1S/C22H14F2N2O2/c23-15-9-8-14(20(24)12-15)11-19-17-6-1-2-7-18(17)21(27)26(22(19)28)13-16-5-3-4-10-25-16/h1-12H,13H2/b19-11-. The third-order valence-electron chi connectivity index (χ3n) is 4.48. The number of rotatable bonds is 3. The summed E-state index contributed by atoms with van der Waals surface area (Å²) >= 11 is 0. The van der Waals surface area contributed by atoms with Crippen molar-refractivity contribution in [1.29, 1.82) is 0 Å². The largest absolute Gasteiger partial charge is 0.269 e. The van der Waals surface area contributed by atoms with Crippen LogP contribution in [0.5, 0.6) is 0 Å². The van der Waals surface area contributed by atoms with E-state index in [1.54, 1.807) is 48.7 Å². The Bertz CT molecular complexity index is 1110. The summed E-state index contributed by atoms with van der Waals surface area (Å²) < 4.78 is 27.4. The minimum absolute atomic E-state index is 0.00389. The average Bonchev–Trinajstić information content (AvgIpc) is 2.71. The van der Waals surface area contributed by atoms with Gasteiger partial charge in [-0.3, -0.25) is 19.5 Å². The van der Waals surface area contributed by atoms with E-state index < -0.39 is 23.4 Å². The molecular weight excluding hydrogens is 362 g/mol. The zero-order chi connectivity index (χ0) is 19.7. The molecule has 1 aliphatic heterocycles. The Labute approximate surface area is 159 Å². The number of nitrogens with zero attached hydrogens (tertiary/aromatic N) is 2. The van der Waals surface area contributed by atoms with Crippen molar-refractivity contribution in [3.63, 3.8) is 0 Å². The van der Waals surface area contributed by atoms with Crippen LogP contribution in [0.4, 0.5) is 8.78 Å². The maximum absolute atomic E-state index is 14.1. The molecule has 0 radical (unpaired) electrons. The first-order chi connectivity index (χ1) is 13.5. The molecule has 0 atom stereocenters. The number of amides is 2. The van der Waals surface area contributed by atoms with E-state index in [-0.39, 0.29) is 17.7 Å². The van der Waals surface area contributed by atoms with Crippen LogP contribution in [0.15, 0.2) is 66.9 Å². The fraction of sp³-hybridized carbons (Fsp3) is 0.0455. The SMILES string of the molecule is O=C1/C(=C\c2ccc(F)cc2F)c2ccccc2C(=O)N1Cc1ccccn1. The molecule has 6 heteroatoms. The first-order valence-electron chi connectivity index (χ1n) is 8.57. The fourth-order valence-electron chi connectivity index (χ4n) is 3.11. The Kier molecular flexibility index (Phi) is 4.53. The van der Waals surface area contributed by atoms with Crippen LogP contribution in [0.3, 0.4) is 0 Å². The van der Waals surface area contributed by atoms with Gasteiger partial charge >= 0.3 is 0 Å². The van der Waals surface area contributed by atoms with E-state index in [1.807, 2.05) is 0 Å². The van der Waals surface area contributed by atoms with Gasteiger partial charge in [-0.05, 0) is 42.0 Å². The number of halogens is 2. The number of pyridine rings is 1. The van der Waals surface area contributed by atoms with Gasteiger partial charge in [-0.1, -0.05) is 24.3 Å². The van der Waals surface area contributed by atoms with Gasteiger partial charge in [0.2, 0.25) is 0 Å². The smallest absolute Gasteiger partial charge is 0.261 e. The molecule has 2 aromatic carbocycles. The molecule has 0 bridgehead atoms. The van der Waals surface area contributed by atoms with E-state index in [2.05, 4.69) is 4.98 Å². The quantitative estimate of drug-likeness (QED) is 0.511. The van der Waals surface area contributed by atoms with Crippen LogP contribution in [-0.4, -0.2) is 21.7 Å². The number of hydrogen-bond donors (Lipinski definition) is 0. The van der Waals surface area contributed by atoms with Crippen molar-refractivity contribution in [3.8, 4) is 0 Å². The average molecular weight is 376 g/mol. The third kappa shape index (κ3) is 3.20. The van der Waals surface area contributed by atoms with Crippen molar-refractivity contribution < 1.29 is 18.4 Å². The maximum Gasteiger partial charge on any atom is 0.261 e. The van der Waals surface area contributed by atoms with Crippen molar-refractivity contribution in [1.82, 2.24) is 9.88 Å². The summed E-state index contributed by atoms with van der Waals surface area (Å²) in [6.45, 7) is -0.00389. The molecule has 0 N–H and O–H groups in total. The monoisotopic (exact) mass is 376 g/mol. The Balaban J connectivity index is 1.82. The first kappa shape index (κ1) is 17.7. The second-order valence-corrected chi connectivity index (χ2v) is 6.29. The fourth-order valence-corrected chi connectivity index (χ4v) is 3.11. The molecule has 4 rings (SSSR count). The number of aromatic nitrogens is 1. The van der Waals surface area contributed by atoms with E-state index in [4.69, 9.17) is 0 Å². The molecule has 1 aromatic heterocycles. The molecule has 4 nitrogen and oxygen atoms in total. The van der Waals surface area contributed by atoms with Gasteiger partial charge in [-0.15, -0.1) is 0 Å². The lowest BCUT2D eigenvalue weighted by molar-refractivity contribution is -0.123. The zero-order valence-electron chi connectivity index (χ0n) is 14.6. The van der Waals surface area contributed by atoms with Gasteiger partial charge in [-0.25, -0.2) is 8.78 Å². The summed E-state index contributed by atoms with van der Waals surface area (Å²) in [6, 6.07) is 15.0. The molecule has 2 heterocycles. The van der Waals surface area contributed by atoms with E-state index >= 15 is 0 Å². The van der Waals surface area contributed by atoms with E-state index in [9.17, 15) is 18.4 Å². The Morgan fingerprint density at radius 1 is 0.893 bits per heavy atom. The van der Waals surface area contributed by atoms with Crippen LogP contribution in [-0.2, 0) is 11.3 Å². The Morgan fingerprint density at radius 2 is 1.64 bits per heavy atom. The summed E-state index contributed by atoms with van der Waals surface area (Å²) in [7, 11) is 0. The van der Waals surface area contributed by atoms with E-state index in [0.29, 0.717) is 16.8 Å². The molecular formula is C22H14F2N2O2. The van der Waals surface area contributed by atoms with Crippen LogP contribution in [0.2, 0.25) is 0 Å². The van der Waals surface area contributed by atoms with Gasteiger partial charge < -0.3 is 0 Å². The second-order valence-electron chi connectivity index (χ2n) is 6.29. The maximum atomic E-state index is 14.1. The predicted octanol–water partition coefficient (Wildman–Crippen LogP) is 4.08. The van der Waals surface area contributed by atoms with Crippen LogP contribution in [0.1, 0.15) is 27.2 Å². The Hall–Kier alpha value is -3.67. The summed E-state index contributed by atoms with van der Waals surface area (Å²) in [5.41, 5.74) is 1.53. The lowest BCUT2D eigenvalue weighted by atomic mass is 9.92. The molecule has 0 unspecified atom stereocenters.